The van der Waals surface area contributed by atoms with Crippen LogP contribution in [0.2, 0.25) is 0 Å². The zero-order valence-corrected chi connectivity index (χ0v) is 29.8. The number of hydrogen-bond donors (Lipinski definition) is 0. The van der Waals surface area contributed by atoms with Crippen molar-refractivity contribution < 1.29 is 22.0 Å². The Balaban J connectivity index is 1.58. The van der Waals surface area contributed by atoms with E-state index < -0.39 is 23.4 Å². The highest BCUT2D eigenvalue weighted by Crippen LogP contribution is 2.48. The zero-order valence-electron chi connectivity index (χ0n) is 29.8. The Labute approximate surface area is 298 Å². The van der Waals surface area contributed by atoms with Crippen molar-refractivity contribution in [3.63, 3.8) is 0 Å². The van der Waals surface area contributed by atoms with E-state index in [4.69, 9.17) is 0 Å². The summed E-state index contributed by atoms with van der Waals surface area (Å²) in [6.45, 7) is 12.6. The van der Waals surface area contributed by atoms with Gasteiger partial charge in [0.05, 0.1) is 33.4 Å². The summed E-state index contributed by atoms with van der Waals surface area (Å²) in [5.41, 5.74) is 2.84. The van der Waals surface area contributed by atoms with Crippen molar-refractivity contribution in [2.24, 2.45) is 0 Å². The lowest BCUT2D eigenvalue weighted by molar-refractivity contribution is -0.137. The summed E-state index contributed by atoms with van der Waals surface area (Å²) >= 11 is 0. The minimum Gasteiger partial charge on any atom is -0.309 e. The van der Waals surface area contributed by atoms with E-state index in [1.165, 1.54) is 6.07 Å². The third kappa shape index (κ3) is 5.37. The molecule has 0 atom stereocenters. The SMILES string of the molecule is CC(C)(C)c1ccc2c(c1)c1ccccc1n2-c1ccc(-c2cc(F)cc(F)c2)c(-n2c3ccccc3c3cc(C(C)(C)C)ccc32)c1C(F)(F)F. The number of rotatable bonds is 3. The maximum atomic E-state index is 16.2. The molecule has 7 heteroatoms. The van der Waals surface area contributed by atoms with E-state index in [0.29, 0.717) is 22.1 Å². The topological polar surface area (TPSA) is 9.86 Å². The molecule has 2 nitrogen and oxygen atoms in total. The monoisotopic (exact) mass is 700 g/mol. The van der Waals surface area contributed by atoms with Gasteiger partial charge in [-0.1, -0.05) is 96.1 Å². The maximum absolute atomic E-state index is 16.2. The van der Waals surface area contributed by atoms with Gasteiger partial charge in [-0.15, -0.1) is 0 Å². The third-order valence-electron chi connectivity index (χ3n) is 10.2. The number of hydrogen-bond acceptors (Lipinski definition) is 0. The van der Waals surface area contributed by atoms with Crippen molar-refractivity contribution in [1.82, 2.24) is 9.13 Å². The molecule has 0 spiro atoms. The van der Waals surface area contributed by atoms with Crippen molar-refractivity contribution in [3.8, 4) is 22.5 Å². The second-order valence-electron chi connectivity index (χ2n) is 15.7. The van der Waals surface area contributed by atoms with E-state index in [0.717, 1.165) is 50.9 Å². The lowest BCUT2D eigenvalue weighted by Crippen LogP contribution is -2.17. The number of halogens is 5. The Hall–Kier alpha value is -5.43. The van der Waals surface area contributed by atoms with Crippen LogP contribution in [0, 0.1) is 11.6 Å². The smallest absolute Gasteiger partial charge is 0.309 e. The summed E-state index contributed by atoms with van der Waals surface area (Å²) in [6, 6.07) is 32.4. The number of nitrogens with zero attached hydrogens (tertiary/aromatic N) is 2. The number of para-hydroxylation sites is 2. The molecule has 2 heterocycles. The fourth-order valence-electron chi connectivity index (χ4n) is 7.60. The molecule has 2 aromatic heterocycles. The van der Waals surface area contributed by atoms with Crippen LogP contribution in [-0.2, 0) is 17.0 Å². The Bertz CT molecular complexity index is 2690. The van der Waals surface area contributed by atoms with Gasteiger partial charge in [-0.25, -0.2) is 8.78 Å². The summed E-state index contributed by atoms with van der Waals surface area (Å²) in [5.74, 6) is -1.76. The molecule has 8 aromatic rings. The van der Waals surface area contributed by atoms with Gasteiger partial charge < -0.3 is 9.13 Å². The molecule has 0 fully saturated rings. The van der Waals surface area contributed by atoms with E-state index in [1.54, 1.807) is 27.3 Å². The van der Waals surface area contributed by atoms with Gasteiger partial charge in [-0.3, -0.25) is 0 Å². The van der Waals surface area contributed by atoms with E-state index in [1.807, 2.05) is 66.7 Å². The molecule has 0 unspecified atom stereocenters. The first-order valence-corrected chi connectivity index (χ1v) is 17.3. The molecular weight excluding hydrogens is 663 g/mol. The second-order valence-corrected chi connectivity index (χ2v) is 15.7. The molecule has 262 valence electrons. The van der Waals surface area contributed by atoms with Gasteiger partial charge in [-0.2, -0.15) is 13.2 Å². The van der Waals surface area contributed by atoms with Crippen molar-refractivity contribution in [2.75, 3.05) is 0 Å². The molecule has 0 N–H and O–H groups in total. The number of fused-ring (bicyclic) bond motifs is 6. The Morgan fingerprint density at radius 1 is 0.462 bits per heavy atom. The molecule has 8 rings (SSSR count). The lowest BCUT2D eigenvalue weighted by atomic mass is 9.86. The maximum Gasteiger partial charge on any atom is 0.420 e. The fourth-order valence-corrected chi connectivity index (χ4v) is 7.60. The van der Waals surface area contributed by atoms with Crippen LogP contribution >= 0.6 is 0 Å². The molecule has 0 bridgehead atoms. The predicted octanol–water partition coefficient (Wildman–Crippen LogP) is 13.4. The highest BCUT2D eigenvalue weighted by Gasteiger charge is 2.40. The van der Waals surface area contributed by atoms with Gasteiger partial charge >= 0.3 is 6.18 Å². The average Bonchev–Trinajstić information content (AvgIpc) is 3.58. The van der Waals surface area contributed by atoms with Gasteiger partial charge in [0.2, 0.25) is 0 Å². The van der Waals surface area contributed by atoms with Gasteiger partial charge in [0.25, 0.3) is 0 Å². The van der Waals surface area contributed by atoms with Crippen molar-refractivity contribution in [2.45, 2.75) is 58.5 Å². The Morgan fingerprint density at radius 3 is 1.42 bits per heavy atom. The van der Waals surface area contributed by atoms with E-state index >= 15 is 13.2 Å². The van der Waals surface area contributed by atoms with Crippen LogP contribution in [0.1, 0.15) is 58.2 Å². The summed E-state index contributed by atoms with van der Waals surface area (Å²) in [4.78, 5) is 0. The quantitative estimate of drug-likeness (QED) is 0.162. The van der Waals surface area contributed by atoms with Crippen LogP contribution in [-0.4, -0.2) is 9.13 Å². The predicted molar refractivity (Wildman–Crippen MR) is 203 cm³/mol. The molecule has 52 heavy (non-hydrogen) atoms. The summed E-state index contributed by atoms with van der Waals surface area (Å²) in [5, 5.41) is 3.20. The molecule has 0 radical (unpaired) electrons. The summed E-state index contributed by atoms with van der Waals surface area (Å²) in [7, 11) is 0. The number of benzene rings is 6. The fraction of sp³-hybridized carbons (Fsp3) is 0.200. The van der Waals surface area contributed by atoms with Crippen LogP contribution in [0.15, 0.2) is 115 Å². The summed E-state index contributed by atoms with van der Waals surface area (Å²) < 4.78 is 81.7. The normalized spacial score (nSPS) is 12.9. The van der Waals surface area contributed by atoms with Crippen LogP contribution < -0.4 is 0 Å². The molecule has 0 saturated carbocycles. The van der Waals surface area contributed by atoms with Gasteiger partial charge in [-0.05, 0) is 82.1 Å². The summed E-state index contributed by atoms with van der Waals surface area (Å²) in [6.07, 6.45) is -4.90. The molecule has 6 aromatic carbocycles. The first-order chi connectivity index (χ1) is 24.5. The highest BCUT2D eigenvalue weighted by atomic mass is 19.4. The minimum atomic E-state index is -4.90. The molecule has 0 aliphatic carbocycles. The molecule has 0 aliphatic rings. The largest absolute Gasteiger partial charge is 0.420 e. The van der Waals surface area contributed by atoms with Crippen molar-refractivity contribution in [3.05, 3.63) is 144 Å². The Morgan fingerprint density at radius 2 is 0.923 bits per heavy atom. The van der Waals surface area contributed by atoms with E-state index in [-0.39, 0.29) is 33.3 Å². The Kier molecular flexibility index (Phi) is 7.48. The van der Waals surface area contributed by atoms with Crippen molar-refractivity contribution in [1.29, 1.82) is 0 Å². The molecular formula is C45H37F5N2. The zero-order chi connectivity index (χ0) is 36.9. The van der Waals surface area contributed by atoms with E-state index in [2.05, 4.69) is 47.6 Å². The van der Waals surface area contributed by atoms with Gasteiger partial charge in [0.15, 0.2) is 0 Å². The highest BCUT2D eigenvalue weighted by molar-refractivity contribution is 6.12. The van der Waals surface area contributed by atoms with Gasteiger partial charge in [0.1, 0.15) is 17.2 Å². The minimum absolute atomic E-state index is 0.00108. The van der Waals surface area contributed by atoms with Crippen LogP contribution in [0.25, 0.3) is 66.1 Å². The first-order valence-electron chi connectivity index (χ1n) is 17.3. The van der Waals surface area contributed by atoms with Crippen LogP contribution in [0.3, 0.4) is 0 Å². The first kappa shape index (κ1) is 33.7. The van der Waals surface area contributed by atoms with E-state index in [9.17, 15) is 8.78 Å². The molecule has 0 saturated heterocycles. The average molecular weight is 701 g/mol. The van der Waals surface area contributed by atoms with Crippen LogP contribution in [0.5, 0.6) is 0 Å². The standard InChI is InChI=1S/C45H37F5N2/c1-43(2,3)27-15-18-38-34(23-27)32-11-7-9-13-36(32)51(38)40-20-17-31(26-21-29(46)25-30(47)22-26)42(41(40)45(48,49)50)52-37-14-10-8-12-33(37)35-24-28(44(4,5)6)16-19-39(35)52/h7-25H,1-6H3. The number of alkyl halides is 3. The lowest BCUT2D eigenvalue weighted by Gasteiger charge is -2.25. The second kappa shape index (κ2) is 11.5. The molecule has 0 amide bonds. The molecule has 0 aliphatic heterocycles. The van der Waals surface area contributed by atoms with Crippen molar-refractivity contribution >= 4 is 43.6 Å². The van der Waals surface area contributed by atoms with Gasteiger partial charge in [0, 0.05) is 33.2 Å². The van der Waals surface area contributed by atoms with Crippen LogP contribution in [0.4, 0.5) is 22.0 Å². The number of aromatic nitrogens is 2. The third-order valence-corrected chi connectivity index (χ3v) is 10.2.